The quantitative estimate of drug-likeness (QED) is 0.934. The zero-order chi connectivity index (χ0) is 15.0. The largest absolute Gasteiger partial charge is 0.477 e. The zero-order valence-electron chi connectivity index (χ0n) is 12.5. The van der Waals surface area contributed by atoms with Crippen LogP contribution in [0.3, 0.4) is 0 Å². The molecule has 1 aliphatic carbocycles. The molecule has 1 aromatic carbocycles. The number of aromatic carboxylic acids is 1. The van der Waals surface area contributed by atoms with Gasteiger partial charge in [-0.05, 0) is 62.8 Å². The summed E-state index contributed by atoms with van der Waals surface area (Å²) in [7, 11) is 0. The van der Waals surface area contributed by atoms with Crippen molar-refractivity contribution in [1.29, 1.82) is 0 Å². The molecule has 0 saturated carbocycles. The van der Waals surface area contributed by atoms with E-state index in [-0.39, 0.29) is 11.7 Å². The van der Waals surface area contributed by atoms with E-state index in [1.54, 1.807) is 10.7 Å². The Morgan fingerprint density at radius 3 is 2.52 bits per heavy atom. The Kier molecular flexibility index (Phi) is 3.53. The van der Waals surface area contributed by atoms with E-state index in [0.717, 1.165) is 24.1 Å². The molecule has 1 aliphatic rings. The number of carboxylic acids is 1. The van der Waals surface area contributed by atoms with E-state index >= 15 is 0 Å². The molecule has 4 heteroatoms. The predicted octanol–water partition coefficient (Wildman–Crippen LogP) is 3.71. The van der Waals surface area contributed by atoms with Gasteiger partial charge in [0.05, 0.1) is 5.69 Å². The van der Waals surface area contributed by atoms with Crippen LogP contribution in [-0.4, -0.2) is 20.9 Å². The van der Waals surface area contributed by atoms with Gasteiger partial charge in [-0.3, -0.25) is 4.68 Å². The predicted molar refractivity (Wildman–Crippen MR) is 81.6 cm³/mol. The molecule has 0 spiro atoms. The molecule has 1 N–H and O–H groups in total. The molecule has 0 saturated heterocycles. The number of aromatic nitrogens is 2. The van der Waals surface area contributed by atoms with Crippen LogP contribution in [0.5, 0.6) is 0 Å². The lowest BCUT2D eigenvalue weighted by Gasteiger charge is -2.16. The Morgan fingerprint density at radius 1 is 1.19 bits per heavy atom. The van der Waals surface area contributed by atoms with Crippen molar-refractivity contribution in [2.45, 2.75) is 45.6 Å². The summed E-state index contributed by atoms with van der Waals surface area (Å²) in [6, 6.07) is 8.10. The van der Waals surface area contributed by atoms with Crippen LogP contribution in [-0.2, 0) is 12.8 Å². The van der Waals surface area contributed by atoms with Gasteiger partial charge in [-0.2, -0.15) is 5.10 Å². The number of aryl methyl sites for hydroxylation is 2. The fourth-order valence-electron chi connectivity index (χ4n) is 2.98. The summed E-state index contributed by atoms with van der Waals surface area (Å²) in [6.07, 6.45) is 4.75. The van der Waals surface area contributed by atoms with E-state index in [4.69, 9.17) is 0 Å². The van der Waals surface area contributed by atoms with Crippen LogP contribution in [0.2, 0.25) is 0 Å². The molecular formula is C17H20N2O2. The standard InChI is InChI=1S/C17H20N2O2/c1-11(2)19-16(17(20)21)10-15(18-19)14-8-7-12-5-3-4-6-13(12)9-14/h7-11H,3-6H2,1-2H3,(H,20,21). The van der Waals surface area contributed by atoms with Gasteiger partial charge in [0.25, 0.3) is 0 Å². The number of rotatable bonds is 3. The van der Waals surface area contributed by atoms with Crippen molar-refractivity contribution < 1.29 is 9.90 Å². The molecule has 110 valence electrons. The number of carbonyl (C=O) groups is 1. The first-order chi connectivity index (χ1) is 10.1. The second-order valence-electron chi connectivity index (χ2n) is 5.95. The lowest BCUT2D eigenvalue weighted by Crippen LogP contribution is -2.11. The summed E-state index contributed by atoms with van der Waals surface area (Å²) in [5.41, 5.74) is 4.81. The molecule has 3 rings (SSSR count). The second kappa shape index (κ2) is 5.35. The van der Waals surface area contributed by atoms with E-state index in [1.165, 1.54) is 24.0 Å². The average Bonchev–Trinajstić information content (AvgIpc) is 2.92. The van der Waals surface area contributed by atoms with E-state index in [9.17, 15) is 9.90 Å². The minimum absolute atomic E-state index is 0.0301. The summed E-state index contributed by atoms with van der Waals surface area (Å²) >= 11 is 0. The third kappa shape index (κ3) is 2.58. The topological polar surface area (TPSA) is 55.1 Å². The molecule has 0 unspecified atom stereocenters. The smallest absolute Gasteiger partial charge is 0.354 e. The highest BCUT2D eigenvalue weighted by atomic mass is 16.4. The van der Waals surface area contributed by atoms with E-state index in [2.05, 4.69) is 23.3 Å². The Morgan fingerprint density at radius 2 is 1.90 bits per heavy atom. The Balaban J connectivity index is 2.04. The number of benzene rings is 1. The molecule has 1 heterocycles. The average molecular weight is 284 g/mol. The fraction of sp³-hybridized carbons (Fsp3) is 0.412. The van der Waals surface area contributed by atoms with Crippen LogP contribution in [0.15, 0.2) is 24.3 Å². The van der Waals surface area contributed by atoms with Crippen LogP contribution < -0.4 is 0 Å². The van der Waals surface area contributed by atoms with Gasteiger partial charge in [-0.25, -0.2) is 4.79 Å². The van der Waals surface area contributed by atoms with Gasteiger partial charge >= 0.3 is 5.97 Å². The first-order valence-electron chi connectivity index (χ1n) is 7.51. The van der Waals surface area contributed by atoms with Crippen molar-refractivity contribution in [1.82, 2.24) is 9.78 Å². The van der Waals surface area contributed by atoms with Gasteiger partial charge in [0.1, 0.15) is 5.69 Å². The highest BCUT2D eigenvalue weighted by molar-refractivity contribution is 5.87. The van der Waals surface area contributed by atoms with E-state index < -0.39 is 5.97 Å². The molecule has 0 amide bonds. The minimum Gasteiger partial charge on any atom is -0.477 e. The maximum atomic E-state index is 11.3. The monoisotopic (exact) mass is 284 g/mol. The third-order valence-electron chi connectivity index (χ3n) is 4.09. The molecule has 0 bridgehead atoms. The summed E-state index contributed by atoms with van der Waals surface area (Å²) in [5.74, 6) is -0.930. The molecule has 21 heavy (non-hydrogen) atoms. The molecule has 0 aliphatic heterocycles. The number of fused-ring (bicyclic) bond motifs is 1. The van der Waals surface area contributed by atoms with E-state index in [1.807, 2.05) is 13.8 Å². The van der Waals surface area contributed by atoms with Crippen molar-refractivity contribution >= 4 is 5.97 Å². The van der Waals surface area contributed by atoms with Crippen molar-refractivity contribution in [3.63, 3.8) is 0 Å². The van der Waals surface area contributed by atoms with Crippen LogP contribution >= 0.6 is 0 Å². The van der Waals surface area contributed by atoms with Gasteiger partial charge in [-0.15, -0.1) is 0 Å². The van der Waals surface area contributed by atoms with Crippen molar-refractivity contribution in [3.05, 3.63) is 41.1 Å². The SMILES string of the molecule is CC(C)n1nc(-c2ccc3c(c2)CCCC3)cc1C(=O)O. The number of nitrogens with zero attached hydrogens (tertiary/aromatic N) is 2. The van der Waals surface area contributed by atoms with Gasteiger partial charge in [-0.1, -0.05) is 12.1 Å². The van der Waals surface area contributed by atoms with Crippen LogP contribution in [0.1, 0.15) is 54.3 Å². The zero-order valence-corrected chi connectivity index (χ0v) is 12.5. The van der Waals surface area contributed by atoms with Crippen LogP contribution in [0.25, 0.3) is 11.3 Å². The van der Waals surface area contributed by atoms with Gasteiger partial charge in [0, 0.05) is 11.6 Å². The van der Waals surface area contributed by atoms with Gasteiger partial charge in [0.15, 0.2) is 0 Å². The fourth-order valence-corrected chi connectivity index (χ4v) is 2.98. The van der Waals surface area contributed by atoms with E-state index in [0.29, 0.717) is 0 Å². The Bertz CT molecular complexity index is 686. The lowest BCUT2D eigenvalue weighted by molar-refractivity contribution is 0.0681. The third-order valence-corrected chi connectivity index (χ3v) is 4.09. The second-order valence-corrected chi connectivity index (χ2v) is 5.95. The highest BCUT2D eigenvalue weighted by Gasteiger charge is 2.18. The molecular weight excluding hydrogens is 264 g/mol. The van der Waals surface area contributed by atoms with Crippen LogP contribution in [0.4, 0.5) is 0 Å². The number of hydrogen-bond acceptors (Lipinski definition) is 2. The van der Waals surface area contributed by atoms with Gasteiger partial charge < -0.3 is 5.11 Å². The highest BCUT2D eigenvalue weighted by Crippen LogP contribution is 2.28. The minimum atomic E-state index is -0.930. The molecule has 0 radical (unpaired) electrons. The summed E-state index contributed by atoms with van der Waals surface area (Å²) in [6.45, 7) is 3.88. The van der Waals surface area contributed by atoms with Crippen molar-refractivity contribution in [3.8, 4) is 11.3 Å². The van der Waals surface area contributed by atoms with Crippen molar-refractivity contribution in [2.24, 2.45) is 0 Å². The number of carboxylic acid groups (broad SMARTS) is 1. The maximum Gasteiger partial charge on any atom is 0.354 e. The summed E-state index contributed by atoms with van der Waals surface area (Å²) in [5, 5.41) is 13.8. The van der Waals surface area contributed by atoms with Crippen molar-refractivity contribution in [2.75, 3.05) is 0 Å². The molecule has 1 aromatic heterocycles. The lowest BCUT2D eigenvalue weighted by atomic mass is 9.90. The normalized spacial score (nSPS) is 14.2. The van der Waals surface area contributed by atoms with Crippen LogP contribution in [0, 0.1) is 0 Å². The molecule has 0 fully saturated rings. The molecule has 2 aromatic rings. The van der Waals surface area contributed by atoms with Gasteiger partial charge in [0.2, 0.25) is 0 Å². The first kappa shape index (κ1) is 13.9. The Hall–Kier alpha value is -2.10. The maximum absolute atomic E-state index is 11.3. The molecule has 4 nitrogen and oxygen atoms in total. The summed E-state index contributed by atoms with van der Waals surface area (Å²) in [4.78, 5) is 11.3. The summed E-state index contributed by atoms with van der Waals surface area (Å²) < 4.78 is 1.58. The first-order valence-corrected chi connectivity index (χ1v) is 7.51. The molecule has 0 atom stereocenters. The number of hydrogen-bond donors (Lipinski definition) is 1. The Labute approximate surface area is 124 Å².